The summed E-state index contributed by atoms with van der Waals surface area (Å²) in [6, 6.07) is 3.48. The van der Waals surface area contributed by atoms with Crippen molar-refractivity contribution in [2.24, 2.45) is 5.92 Å². The lowest BCUT2D eigenvalue weighted by Gasteiger charge is -2.10. The molecule has 0 radical (unpaired) electrons. The van der Waals surface area contributed by atoms with Gasteiger partial charge in [-0.3, -0.25) is 4.72 Å². The Morgan fingerprint density at radius 2 is 2.11 bits per heavy atom. The zero-order valence-electron chi connectivity index (χ0n) is 10.1. The molecule has 5 nitrogen and oxygen atoms in total. The summed E-state index contributed by atoms with van der Waals surface area (Å²) in [7, 11) is -3.64. The van der Waals surface area contributed by atoms with E-state index in [1.54, 1.807) is 0 Å². The van der Waals surface area contributed by atoms with Gasteiger partial charge < -0.3 is 5.11 Å². The van der Waals surface area contributed by atoms with Crippen molar-refractivity contribution in [2.75, 3.05) is 10.5 Å². The molecule has 0 spiro atoms. The van der Waals surface area contributed by atoms with Crippen molar-refractivity contribution in [2.45, 2.75) is 19.3 Å². The van der Waals surface area contributed by atoms with Gasteiger partial charge in [0.2, 0.25) is 10.0 Å². The molecule has 1 aliphatic carbocycles. The van der Waals surface area contributed by atoms with E-state index in [9.17, 15) is 17.6 Å². The molecule has 1 fully saturated rings. The van der Waals surface area contributed by atoms with E-state index >= 15 is 0 Å². The molecule has 0 unspecified atom stereocenters. The molecule has 7 heteroatoms. The van der Waals surface area contributed by atoms with Crippen LogP contribution in [0.25, 0.3) is 0 Å². The molecule has 0 bridgehead atoms. The number of hydrogen-bond donors (Lipinski definition) is 2. The fourth-order valence-electron chi connectivity index (χ4n) is 1.77. The number of aromatic carboxylic acids is 1. The van der Waals surface area contributed by atoms with Gasteiger partial charge in [0.25, 0.3) is 0 Å². The van der Waals surface area contributed by atoms with Gasteiger partial charge in [0.05, 0.1) is 11.4 Å². The van der Waals surface area contributed by atoms with Crippen molar-refractivity contribution in [3.8, 4) is 0 Å². The van der Waals surface area contributed by atoms with Crippen LogP contribution in [0.15, 0.2) is 18.2 Å². The Hall–Kier alpha value is -1.63. The smallest absolute Gasteiger partial charge is 0.340 e. The van der Waals surface area contributed by atoms with Crippen molar-refractivity contribution in [1.82, 2.24) is 0 Å². The zero-order valence-corrected chi connectivity index (χ0v) is 10.9. The van der Waals surface area contributed by atoms with Crippen molar-refractivity contribution in [1.29, 1.82) is 0 Å². The van der Waals surface area contributed by atoms with E-state index in [4.69, 9.17) is 5.11 Å². The summed E-state index contributed by atoms with van der Waals surface area (Å²) in [4.78, 5) is 10.9. The van der Waals surface area contributed by atoms with Gasteiger partial charge >= 0.3 is 5.97 Å². The maximum atomic E-state index is 13.4. The second-order valence-electron chi connectivity index (χ2n) is 4.62. The number of hydrogen-bond acceptors (Lipinski definition) is 3. The van der Waals surface area contributed by atoms with Crippen LogP contribution in [0.3, 0.4) is 0 Å². The predicted octanol–water partition coefficient (Wildman–Crippen LogP) is 2.07. The third-order valence-electron chi connectivity index (χ3n) is 2.98. The third-order valence-corrected chi connectivity index (χ3v) is 4.29. The molecule has 104 valence electrons. The van der Waals surface area contributed by atoms with E-state index in [0.717, 1.165) is 18.9 Å². The lowest BCUT2D eigenvalue weighted by atomic mass is 10.2. The van der Waals surface area contributed by atoms with Gasteiger partial charge in [-0.25, -0.2) is 17.6 Å². The maximum absolute atomic E-state index is 13.4. The van der Waals surface area contributed by atoms with E-state index in [1.165, 1.54) is 12.1 Å². The SMILES string of the molecule is O=C(O)c1c(F)cccc1NS(=O)(=O)CCC1CC1. The monoisotopic (exact) mass is 287 g/mol. The highest BCUT2D eigenvalue weighted by Gasteiger charge is 2.25. The minimum Gasteiger partial charge on any atom is -0.478 e. The number of sulfonamides is 1. The average Bonchev–Trinajstić information content (AvgIpc) is 3.09. The largest absolute Gasteiger partial charge is 0.478 e. The molecule has 2 N–H and O–H groups in total. The van der Waals surface area contributed by atoms with Gasteiger partial charge in [-0.15, -0.1) is 0 Å². The van der Waals surface area contributed by atoms with Crippen LogP contribution in [0.2, 0.25) is 0 Å². The van der Waals surface area contributed by atoms with Gasteiger partial charge in [-0.05, 0) is 24.5 Å². The van der Waals surface area contributed by atoms with Crippen LogP contribution < -0.4 is 4.72 Å². The molecular weight excluding hydrogens is 273 g/mol. The Morgan fingerprint density at radius 1 is 1.42 bits per heavy atom. The van der Waals surface area contributed by atoms with Crippen LogP contribution in [-0.4, -0.2) is 25.2 Å². The van der Waals surface area contributed by atoms with E-state index in [2.05, 4.69) is 4.72 Å². The molecule has 1 aromatic rings. The van der Waals surface area contributed by atoms with Gasteiger partial charge in [0, 0.05) is 0 Å². The standard InChI is InChI=1S/C12H14FNO4S/c13-9-2-1-3-10(11(9)12(15)16)14-19(17,18)7-6-8-4-5-8/h1-3,8,14H,4-7H2,(H,15,16). The van der Waals surface area contributed by atoms with Gasteiger partial charge in [0.15, 0.2) is 0 Å². The molecule has 2 rings (SSSR count). The highest BCUT2D eigenvalue weighted by Crippen LogP contribution is 2.32. The number of carbonyl (C=O) groups is 1. The van der Waals surface area contributed by atoms with Gasteiger partial charge in [-0.2, -0.15) is 0 Å². The summed E-state index contributed by atoms with van der Waals surface area (Å²) >= 11 is 0. The molecule has 0 atom stereocenters. The highest BCUT2D eigenvalue weighted by atomic mass is 32.2. The second kappa shape index (κ2) is 5.16. The van der Waals surface area contributed by atoms with Crippen LogP contribution in [0.1, 0.15) is 29.6 Å². The molecule has 1 aromatic carbocycles. The second-order valence-corrected chi connectivity index (χ2v) is 6.46. The molecular formula is C12H14FNO4S. The Bertz CT molecular complexity index is 596. The Morgan fingerprint density at radius 3 is 2.68 bits per heavy atom. The first-order valence-electron chi connectivity index (χ1n) is 5.91. The first-order valence-corrected chi connectivity index (χ1v) is 7.56. The molecule has 0 amide bonds. The number of anilines is 1. The minimum atomic E-state index is -3.64. The number of halogens is 1. The number of rotatable bonds is 6. The normalized spacial score (nSPS) is 15.2. The van der Waals surface area contributed by atoms with E-state index in [1.807, 2.05) is 0 Å². The molecule has 0 heterocycles. The fraction of sp³-hybridized carbons (Fsp3) is 0.417. The quantitative estimate of drug-likeness (QED) is 0.839. The summed E-state index contributed by atoms with van der Waals surface area (Å²) in [5.41, 5.74) is -0.888. The number of carboxylic acid groups (broad SMARTS) is 1. The van der Waals surface area contributed by atoms with Gasteiger partial charge in [0.1, 0.15) is 11.4 Å². The predicted molar refractivity (Wildman–Crippen MR) is 68.1 cm³/mol. The number of nitrogens with one attached hydrogen (secondary N) is 1. The minimum absolute atomic E-state index is 0.0762. The summed E-state index contributed by atoms with van der Waals surface area (Å²) in [6.07, 6.45) is 2.62. The highest BCUT2D eigenvalue weighted by molar-refractivity contribution is 7.92. The van der Waals surface area contributed by atoms with Crippen LogP contribution >= 0.6 is 0 Å². The lowest BCUT2D eigenvalue weighted by Crippen LogP contribution is -2.19. The average molecular weight is 287 g/mol. The summed E-state index contributed by atoms with van der Waals surface area (Å²) < 4.78 is 39.1. The molecule has 19 heavy (non-hydrogen) atoms. The van der Waals surface area contributed by atoms with Gasteiger partial charge in [-0.1, -0.05) is 18.9 Å². The zero-order chi connectivity index (χ0) is 14.0. The first kappa shape index (κ1) is 13.8. The van der Waals surface area contributed by atoms with E-state index < -0.39 is 27.4 Å². The molecule has 1 saturated carbocycles. The summed E-state index contributed by atoms with van der Waals surface area (Å²) in [6.45, 7) is 0. The Labute approximate surface area is 110 Å². The van der Waals surface area contributed by atoms with Crippen molar-refractivity contribution in [3.63, 3.8) is 0 Å². The molecule has 1 aliphatic rings. The van der Waals surface area contributed by atoms with Crippen molar-refractivity contribution < 1.29 is 22.7 Å². The maximum Gasteiger partial charge on any atom is 0.340 e. The topological polar surface area (TPSA) is 83.5 Å². The van der Waals surface area contributed by atoms with E-state index in [0.29, 0.717) is 12.3 Å². The van der Waals surface area contributed by atoms with Crippen LogP contribution in [0.5, 0.6) is 0 Å². The first-order chi connectivity index (χ1) is 8.89. The number of benzene rings is 1. The number of carboxylic acids is 1. The summed E-state index contributed by atoms with van der Waals surface area (Å²) in [5, 5.41) is 8.90. The van der Waals surface area contributed by atoms with Crippen molar-refractivity contribution in [3.05, 3.63) is 29.6 Å². The third kappa shape index (κ3) is 3.66. The molecule has 0 saturated heterocycles. The lowest BCUT2D eigenvalue weighted by molar-refractivity contribution is 0.0693. The molecule has 0 aromatic heterocycles. The molecule has 0 aliphatic heterocycles. The van der Waals surface area contributed by atoms with Crippen LogP contribution in [-0.2, 0) is 10.0 Å². The Kier molecular flexibility index (Phi) is 3.75. The van der Waals surface area contributed by atoms with Crippen LogP contribution in [0, 0.1) is 11.7 Å². The van der Waals surface area contributed by atoms with Crippen molar-refractivity contribution >= 4 is 21.7 Å². The summed E-state index contributed by atoms with van der Waals surface area (Å²) in [5.74, 6) is -2.09. The fourth-order valence-corrected chi connectivity index (χ4v) is 3.02. The van der Waals surface area contributed by atoms with E-state index in [-0.39, 0.29) is 11.4 Å². The van der Waals surface area contributed by atoms with Crippen LogP contribution in [0.4, 0.5) is 10.1 Å². The Balaban J connectivity index is 2.17.